The predicted molar refractivity (Wildman–Crippen MR) is 108 cm³/mol. The van der Waals surface area contributed by atoms with Gasteiger partial charge in [0.05, 0.1) is 0 Å². The summed E-state index contributed by atoms with van der Waals surface area (Å²) in [7, 11) is 2.04. The molecule has 1 aliphatic heterocycles. The summed E-state index contributed by atoms with van der Waals surface area (Å²) in [4.78, 5) is 13.6. The van der Waals surface area contributed by atoms with Crippen LogP contribution >= 0.6 is 24.0 Å². The highest BCUT2D eigenvalue weighted by Gasteiger charge is 2.28. The molecule has 136 valence electrons. The van der Waals surface area contributed by atoms with Gasteiger partial charge in [0, 0.05) is 45.1 Å². The van der Waals surface area contributed by atoms with Crippen molar-refractivity contribution in [3.8, 4) is 0 Å². The standard InChI is InChI=1S/C16H24N8.HI/c1-22(13-4-5-13)16(17)19-9-12-3-2-7-23(10-12)14-15-21-20-11-24(15)8-6-18-14;/h6,8,11-13H,2-5,7,9-10H2,1H3,(H2,17,19);1H. The minimum atomic E-state index is 0. The lowest BCUT2D eigenvalue weighted by Crippen LogP contribution is -2.39. The van der Waals surface area contributed by atoms with E-state index in [0.29, 0.717) is 17.9 Å². The number of anilines is 1. The van der Waals surface area contributed by atoms with Gasteiger partial charge in [-0.1, -0.05) is 0 Å². The van der Waals surface area contributed by atoms with E-state index in [0.717, 1.165) is 37.5 Å². The molecule has 0 radical (unpaired) electrons. The minimum absolute atomic E-state index is 0. The van der Waals surface area contributed by atoms with Gasteiger partial charge in [-0.05, 0) is 31.6 Å². The van der Waals surface area contributed by atoms with Gasteiger partial charge in [0.1, 0.15) is 6.33 Å². The Morgan fingerprint density at radius 3 is 3.04 bits per heavy atom. The molecule has 2 N–H and O–H groups in total. The summed E-state index contributed by atoms with van der Waals surface area (Å²) in [6.07, 6.45) is 10.2. The zero-order valence-electron chi connectivity index (χ0n) is 14.5. The van der Waals surface area contributed by atoms with Crippen LogP contribution in [0.3, 0.4) is 0 Å². The average molecular weight is 456 g/mol. The van der Waals surface area contributed by atoms with Crippen molar-refractivity contribution in [1.29, 1.82) is 0 Å². The van der Waals surface area contributed by atoms with E-state index in [1.165, 1.54) is 19.3 Å². The van der Waals surface area contributed by atoms with Crippen LogP contribution in [0.4, 0.5) is 5.82 Å². The van der Waals surface area contributed by atoms with Crippen LogP contribution < -0.4 is 10.6 Å². The summed E-state index contributed by atoms with van der Waals surface area (Å²) < 4.78 is 1.91. The third kappa shape index (κ3) is 3.96. The lowest BCUT2D eigenvalue weighted by Gasteiger charge is -2.33. The molecule has 2 aliphatic rings. The van der Waals surface area contributed by atoms with Crippen LogP contribution in [0, 0.1) is 5.92 Å². The molecule has 0 bridgehead atoms. The number of aliphatic imine (C=N–C) groups is 1. The first kappa shape index (κ1) is 18.2. The number of halogens is 1. The maximum absolute atomic E-state index is 6.11. The van der Waals surface area contributed by atoms with Crippen LogP contribution in [0.2, 0.25) is 0 Å². The highest BCUT2D eigenvalue weighted by molar-refractivity contribution is 14.0. The fraction of sp³-hybridized carbons (Fsp3) is 0.625. The van der Waals surface area contributed by atoms with Crippen molar-refractivity contribution in [1.82, 2.24) is 24.5 Å². The van der Waals surface area contributed by atoms with E-state index in [9.17, 15) is 0 Å². The normalized spacial score (nSPS) is 21.2. The molecule has 25 heavy (non-hydrogen) atoms. The Morgan fingerprint density at radius 1 is 1.40 bits per heavy atom. The van der Waals surface area contributed by atoms with E-state index >= 15 is 0 Å². The largest absolute Gasteiger partial charge is 0.370 e. The Balaban J connectivity index is 0.00000182. The molecule has 2 aromatic rings. The van der Waals surface area contributed by atoms with E-state index < -0.39 is 0 Å². The van der Waals surface area contributed by atoms with Crippen molar-refractivity contribution >= 4 is 41.4 Å². The van der Waals surface area contributed by atoms with Gasteiger partial charge in [0.2, 0.25) is 5.65 Å². The summed E-state index contributed by atoms with van der Waals surface area (Å²) in [5, 5.41) is 8.18. The first-order chi connectivity index (χ1) is 11.7. The fourth-order valence-electron chi connectivity index (χ4n) is 3.36. The lowest BCUT2D eigenvalue weighted by molar-refractivity contribution is 0.417. The van der Waals surface area contributed by atoms with Crippen molar-refractivity contribution in [3.05, 3.63) is 18.7 Å². The number of hydrogen-bond acceptors (Lipinski definition) is 5. The van der Waals surface area contributed by atoms with Gasteiger partial charge in [-0.15, -0.1) is 34.2 Å². The number of piperidine rings is 1. The van der Waals surface area contributed by atoms with E-state index in [1.54, 1.807) is 12.5 Å². The highest BCUT2D eigenvalue weighted by Crippen LogP contribution is 2.26. The number of fused-ring (bicyclic) bond motifs is 1. The summed E-state index contributed by atoms with van der Waals surface area (Å²) in [5.74, 6) is 2.08. The third-order valence-electron chi connectivity index (χ3n) is 4.98. The van der Waals surface area contributed by atoms with Crippen LogP contribution in [0.15, 0.2) is 23.7 Å². The summed E-state index contributed by atoms with van der Waals surface area (Å²) in [5.41, 5.74) is 6.92. The molecule has 1 unspecified atom stereocenters. The van der Waals surface area contributed by atoms with Crippen molar-refractivity contribution in [2.24, 2.45) is 16.6 Å². The Kier molecular flexibility index (Phi) is 5.60. The second kappa shape index (κ2) is 7.71. The smallest absolute Gasteiger partial charge is 0.203 e. The molecule has 0 amide bonds. The molecule has 8 nitrogen and oxygen atoms in total. The van der Waals surface area contributed by atoms with Gasteiger partial charge in [-0.2, -0.15) is 0 Å². The average Bonchev–Trinajstić information content (AvgIpc) is 3.35. The second-order valence-corrected chi connectivity index (χ2v) is 6.81. The van der Waals surface area contributed by atoms with Gasteiger partial charge in [-0.25, -0.2) is 4.98 Å². The molecule has 1 aliphatic carbocycles. The number of aromatic nitrogens is 4. The molecule has 1 saturated heterocycles. The summed E-state index contributed by atoms with van der Waals surface area (Å²) in [6, 6.07) is 0.603. The Labute approximate surface area is 164 Å². The van der Waals surface area contributed by atoms with Crippen LogP contribution in [0.5, 0.6) is 0 Å². The molecular formula is C16H25IN8. The zero-order valence-corrected chi connectivity index (χ0v) is 16.8. The van der Waals surface area contributed by atoms with Crippen molar-refractivity contribution in [3.63, 3.8) is 0 Å². The topological polar surface area (TPSA) is 87.9 Å². The second-order valence-electron chi connectivity index (χ2n) is 6.81. The molecule has 9 heteroatoms. The van der Waals surface area contributed by atoms with Gasteiger partial charge >= 0.3 is 0 Å². The molecule has 1 saturated carbocycles. The molecule has 2 fully saturated rings. The molecule has 0 aromatic carbocycles. The number of rotatable bonds is 4. The van der Waals surface area contributed by atoms with Crippen molar-refractivity contribution in [2.75, 3.05) is 31.6 Å². The SMILES string of the molecule is CN(C(N)=NCC1CCCN(c2nccn3cnnc23)C1)C1CC1.I. The van der Waals surface area contributed by atoms with Crippen LogP contribution in [0.25, 0.3) is 5.65 Å². The van der Waals surface area contributed by atoms with E-state index in [2.05, 4.69) is 30.0 Å². The molecule has 3 heterocycles. The Bertz CT molecular complexity index is 741. The maximum Gasteiger partial charge on any atom is 0.203 e. The molecule has 4 rings (SSSR count). The maximum atomic E-state index is 6.11. The van der Waals surface area contributed by atoms with Crippen LogP contribution in [0.1, 0.15) is 25.7 Å². The number of hydrogen-bond donors (Lipinski definition) is 1. The number of guanidine groups is 1. The Morgan fingerprint density at radius 2 is 2.24 bits per heavy atom. The van der Waals surface area contributed by atoms with E-state index in [4.69, 9.17) is 5.73 Å². The summed E-state index contributed by atoms with van der Waals surface area (Å²) in [6.45, 7) is 2.70. The first-order valence-electron chi connectivity index (χ1n) is 8.64. The van der Waals surface area contributed by atoms with Gasteiger partial charge in [0.15, 0.2) is 11.8 Å². The monoisotopic (exact) mass is 456 g/mol. The van der Waals surface area contributed by atoms with Crippen molar-refractivity contribution < 1.29 is 0 Å². The highest BCUT2D eigenvalue weighted by atomic mass is 127. The predicted octanol–water partition coefficient (Wildman–Crippen LogP) is 1.37. The van der Waals surface area contributed by atoms with Crippen LogP contribution in [-0.4, -0.2) is 63.2 Å². The first-order valence-corrected chi connectivity index (χ1v) is 8.64. The number of nitrogens with two attached hydrogens (primary N) is 1. The fourth-order valence-corrected chi connectivity index (χ4v) is 3.36. The summed E-state index contributed by atoms with van der Waals surface area (Å²) >= 11 is 0. The van der Waals surface area contributed by atoms with E-state index in [1.807, 2.05) is 17.6 Å². The van der Waals surface area contributed by atoms with Crippen molar-refractivity contribution in [2.45, 2.75) is 31.7 Å². The van der Waals surface area contributed by atoms with Gasteiger partial charge < -0.3 is 15.5 Å². The van der Waals surface area contributed by atoms with Crippen LogP contribution in [-0.2, 0) is 0 Å². The molecule has 0 spiro atoms. The molecular weight excluding hydrogens is 431 g/mol. The molecule has 2 aromatic heterocycles. The quantitative estimate of drug-likeness (QED) is 0.425. The van der Waals surface area contributed by atoms with E-state index in [-0.39, 0.29) is 24.0 Å². The van der Waals surface area contributed by atoms with Gasteiger partial charge in [-0.3, -0.25) is 9.39 Å². The lowest BCUT2D eigenvalue weighted by atomic mass is 9.98. The minimum Gasteiger partial charge on any atom is -0.370 e. The Hall–Kier alpha value is -1.65. The number of nitrogens with zero attached hydrogens (tertiary/aromatic N) is 7. The third-order valence-corrected chi connectivity index (χ3v) is 4.98. The molecule has 1 atom stereocenters. The van der Waals surface area contributed by atoms with Gasteiger partial charge in [0.25, 0.3) is 0 Å². The zero-order chi connectivity index (χ0) is 16.5.